The SMILES string of the molecule is COc1ccc(CNC(=O)CCCN2C(=O)N=C3C=CC(Br)=CC3C2=O)cc1. The number of benzene rings is 1. The number of aliphatic imine (C=N–C) groups is 1. The summed E-state index contributed by atoms with van der Waals surface area (Å²) in [5.74, 6) is -0.247. The lowest BCUT2D eigenvalue weighted by molar-refractivity contribution is -0.130. The first-order valence-corrected chi connectivity index (χ1v) is 9.66. The molecule has 7 nitrogen and oxygen atoms in total. The number of ether oxygens (including phenoxy) is 1. The molecule has 146 valence electrons. The van der Waals surface area contributed by atoms with Gasteiger partial charge in [-0.15, -0.1) is 0 Å². The summed E-state index contributed by atoms with van der Waals surface area (Å²) in [6.45, 7) is 0.571. The third kappa shape index (κ3) is 4.75. The molecule has 0 saturated carbocycles. The van der Waals surface area contributed by atoms with Gasteiger partial charge in [-0.05, 0) is 36.3 Å². The first-order valence-electron chi connectivity index (χ1n) is 8.87. The second kappa shape index (κ2) is 8.97. The van der Waals surface area contributed by atoms with Crippen LogP contribution >= 0.6 is 15.9 Å². The minimum Gasteiger partial charge on any atom is -0.497 e. The van der Waals surface area contributed by atoms with Crippen LogP contribution in [0.1, 0.15) is 18.4 Å². The number of hydrogen-bond donors (Lipinski definition) is 1. The fourth-order valence-corrected chi connectivity index (χ4v) is 3.34. The Morgan fingerprint density at radius 1 is 1.25 bits per heavy atom. The number of amides is 4. The van der Waals surface area contributed by atoms with Crippen LogP contribution in [0.5, 0.6) is 5.75 Å². The molecule has 1 heterocycles. The zero-order valence-electron chi connectivity index (χ0n) is 15.4. The Morgan fingerprint density at radius 2 is 2.00 bits per heavy atom. The molecule has 1 unspecified atom stereocenters. The van der Waals surface area contributed by atoms with Crippen LogP contribution in [-0.4, -0.2) is 42.1 Å². The highest BCUT2D eigenvalue weighted by molar-refractivity contribution is 9.11. The van der Waals surface area contributed by atoms with Crippen LogP contribution < -0.4 is 10.1 Å². The summed E-state index contributed by atoms with van der Waals surface area (Å²) < 4.78 is 5.87. The van der Waals surface area contributed by atoms with Crippen LogP contribution in [0.2, 0.25) is 0 Å². The normalized spacial score (nSPS) is 18.4. The van der Waals surface area contributed by atoms with Gasteiger partial charge in [0.25, 0.3) is 0 Å². The molecule has 8 heteroatoms. The Bertz CT molecular complexity index is 874. The molecule has 1 aliphatic heterocycles. The molecular weight excluding hydrogens is 426 g/mol. The summed E-state index contributed by atoms with van der Waals surface area (Å²) in [5, 5.41) is 2.83. The second-order valence-corrected chi connectivity index (χ2v) is 7.32. The van der Waals surface area contributed by atoms with Gasteiger partial charge in [0, 0.05) is 24.0 Å². The average molecular weight is 446 g/mol. The van der Waals surface area contributed by atoms with Gasteiger partial charge < -0.3 is 10.1 Å². The van der Waals surface area contributed by atoms with E-state index in [0.29, 0.717) is 18.7 Å². The second-order valence-electron chi connectivity index (χ2n) is 6.40. The van der Waals surface area contributed by atoms with E-state index in [0.717, 1.165) is 20.7 Å². The largest absolute Gasteiger partial charge is 0.497 e. The predicted molar refractivity (Wildman–Crippen MR) is 108 cm³/mol. The Morgan fingerprint density at radius 3 is 2.71 bits per heavy atom. The smallest absolute Gasteiger partial charge is 0.350 e. The summed E-state index contributed by atoms with van der Waals surface area (Å²) in [5.41, 5.74) is 1.41. The van der Waals surface area contributed by atoms with E-state index in [9.17, 15) is 14.4 Å². The van der Waals surface area contributed by atoms with Gasteiger partial charge in [0.1, 0.15) is 11.7 Å². The van der Waals surface area contributed by atoms with Crippen LogP contribution in [0.3, 0.4) is 0 Å². The molecule has 1 N–H and O–H groups in total. The fourth-order valence-electron chi connectivity index (χ4n) is 2.94. The molecule has 2 aliphatic rings. The van der Waals surface area contributed by atoms with Crippen molar-refractivity contribution in [2.24, 2.45) is 10.9 Å². The average Bonchev–Trinajstić information content (AvgIpc) is 2.70. The lowest BCUT2D eigenvalue weighted by Gasteiger charge is -2.28. The van der Waals surface area contributed by atoms with Crippen LogP contribution in [0.25, 0.3) is 0 Å². The predicted octanol–water partition coefficient (Wildman–Crippen LogP) is 2.96. The maximum Gasteiger partial charge on any atom is 0.350 e. The maximum absolute atomic E-state index is 12.6. The van der Waals surface area contributed by atoms with Crippen molar-refractivity contribution in [3.8, 4) is 5.75 Å². The lowest BCUT2D eigenvalue weighted by atomic mass is 9.95. The van der Waals surface area contributed by atoms with E-state index in [1.54, 1.807) is 25.3 Å². The van der Waals surface area contributed by atoms with Crippen LogP contribution in [-0.2, 0) is 16.1 Å². The molecule has 1 aliphatic carbocycles. The molecular formula is C20H20BrN3O4. The van der Waals surface area contributed by atoms with Crippen molar-refractivity contribution in [3.63, 3.8) is 0 Å². The molecule has 1 aromatic carbocycles. The minimum absolute atomic E-state index is 0.139. The summed E-state index contributed by atoms with van der Waals surface area (Å²) in [7, 11) is 1.60. The highest BCUT2D eigenvalue weighted by Crippen LogP contribution is 2.25. The number of nitrogens with one attached hydrogen (secondary N) is 1. The number of carbonyl (C=O) groups excluding carboxylic acids is 3. The molecule has 28 heavy (non-hydrogen) atoms. The Hall–Kier alpha value is -2.74. The Kier molecular flexibility index (Phi) is 6.41. The van der Waals surface area contributed by atoms with Gasteiger partial charge in [-0.3, -0.25) is 14.5 Å². The number of fused-ring (bicyclic) bond motifs is 1. The Balaban J connectivity index is 1.47. The molecule has 0 bridgehead atoms. The molecule has 0 saturated heterocycles. The Labute approximate surface area is 171 Å². The van der Waals surface area contributed by atoms with E-state index in [1.165, 1.54) is 0 Å². The van der Waals surface area contributed by atoms with Crippen LogP contribution in [0, 0.1) is 5.92 Å². The van der Waals surface area contributed by atoms with E-state index in [1.807, 2.05) is 24.3 Å². The number of allylic oxidation sites excluding steroid dienone is 3. The zero-order valence-corrected chi connectivity index (χ0v) is 16.9. The van der Waals surface area contributed by atoms with Crippen molar-refractivity contribution >= 4 is 39.5 Å². The first kappa shape index (κ1) is 20.0. The van der Waals surface area contributed by atoms with E-state index < -0.39 is 11.9 Å². The summed E-state index contributed by atoms with van der Waals surface area (Å²) >= 11 is 3.33. The first-order chi connectivity index (χ1) is 13.5. The standard InChI is InChI=1S/C20H20BrN3O4/c1-28-15-7-4-13(5-8-15)12-22-18(25)3-2-10-24-19(26)16-11-14(21)6-9-17(16)23-20(24)27/h4-9,11,16H,2-3,10,12H2,1H3,(H,22,25). The third-order valence-corrected chi connectivity index (χ3v) is 5.01. The third-order valence-electron chi connectivity index (χ3n) is 4.48. The molecule has 0 spiro atoms. The van der Waals surface area contributed by atoms with Crippen LogP contribution in [0.4, 0.5) is 4.79 Å². The van der Waals surface area contributed by atoms with Crippen molar-refractivity contribution in [1.29, 1.82) is 0 Å². The van der Waals surface area contributed by atoms with Gasteiger partial charge in [0.05, 0.1) is 12.8 Å². The number of rotatable bonds is 7. The van der Waals surface area contributed by atoms with Gasteiger partial charge in [-0.25, -0.2) is 4.79 Å². The van der Waals surface area contributed by atoms with E-state index in [-0.39, 0.29) is 24.8 Å². The van der Waals surface area contributed by atoms with Crippen LogP contribution in [0.15, 0.2) is 52.0 Å². The van der Waals surface area contributed by atoms with Crippen molar-refractivity contribution in [2.75, 3.05) is 13.7 Å². The van der Waals surface area contributed by atoms with Gasteiger partial charge in [-0.2, -0.15) is 4.99 Å². The van der Waals surface area contributed by atoms with Gasteiger partial charge in [0.15, 0.2) is 0 Å². The number of urea groups is 1. The maximum atomic E-state index is 12.6. The van der Waals surface area contributed by atoms with Crippen molar-refractivity contribution in [3.05, 3.63) is 52.5 Å². The number of halogens is 1. The van der Waals surface area contributed by atoms with Crippen molar-refractivity contribution in [1.82, 2.24) is 10.2 Å². The quantitative estimate of drug-likeness (QED) is 0.698. The number of carbonyl (C=O) groups is 3. The molecule has 0 fully saturated rings. The van der Waals surface area contributed by atoms with Gasteiger partial charge in [-0.1, -0.05) is 34.1 Å². The molecule has 3 rings (SSSR count). The molecule has 4 amide bonds. The number of hydrogen-bond acceptors (Lipinski definition) is 4. The van der Waals surface area contributed by atoms with Gasteiger partial charge >= 0.3 is 6.03 Å². The minimum atomic E-state index is -0.578. The zero-order chi connectivity index (χ0) is 20.1. The van der Waals surface area contributed by atoms with Crippen molar-refractivity contribution < 1.29 is 19.1 Å². The van der Waals surface area contributed by atoms with E-state index in [4.69, 9.17) is 4.74 Å². The lowest BCUT2D eigenvalue weighted by Crippen LogP contribution is -2.46. The summed E-state index contributed by atoms with van der Waals surface area (Å²) in [6.07, 6.45) is 5.73. The summed E-state index contributed by atoms with van der Waals surface area (Å²) in [6, 6.07) is 6.84. The molecule has 0 radical (unpaired) electrons. The number of nitrogens with zero attached hydrogens (tertiary/aromatic N) is 2. The number of imide groups is 1. The highest BCUT2D eigenvalue weighted by Gasteiger charge is 2.36. The highest BCUT2D eigenvalue weighted by atomic mass is 79.9. The number of methoxy groups -OCH3 is 1. The van der Waals surface area contributed by atoms with E-state index in [2.05, 4.69) is 26.2 Å². The van der Waals surface area contributed by atoms with Crippen molar-refractivity contribution in [2.45, 2.75) is 19.4 Å². The molecule has 1 aromatic rings. The molecule has 0 aromatic heterocycles. The van der Waals surface area contributed by atoms with Gasteiger partial charge in [0.2, 0.25) is 11.8 Å². The topological polar surface area (TPSA) is 88.1 Å². The van der Waals surface area contributed by atoms with E-state index >= 15 is 0 Å². The fraction of sp³-hybridized carbons (Fsp3) is 0.300. The summed E-state index contributed by atoms with van der Waals surface area (Å²) in [4.78, 5) is 41.8. The monoisotopic (exact) mass is 445 g/mol. The molecule has 1 atom stereocenters.